The molecule has 156 valence electrons. The van der Waals surface area contributed by atoms with Crippen LogP contribution in [0.4, 0.5) is 5.69 Å². The molecule has 2 aliphatic rings. The van der Waals surface area contributed by atoms with E-state index in [1.807, 2.05) is 47.4 Å². The van der Waals surface area contributed by atoms with E-state index in [2.05, 4.69) is 6.07 Å². The Morgan fingerprint density at radius 2 is 1.61 bits per heavy atom. The number of benzene rings is 3. The summed E-state index contributed by atoms with van der Waals surface area (Å²) in [6.45, 7) is 0.929. The predicted octanol–water partition coefficient (Wildman–Crippen LogP) is 4.75. The van der Waals surface area contributed by atoms with Gasteiger partial charge in [0.05, 0.1) is 5.69 Å². The van der Waals surface area contributed by atoms with Crippen LogP contribution in [0.5, 0.6) is 0 Å². The molecule has 0 bridgehead atoms. The maximum atomic E-state index is 13.0. The molecule has 2 aliphatic heterocycles. The zero-order valence-electron chi connectivity index (χ0n) is 17.0. The minimum absolute atomic E-state index is 0.0364. The van der Waals surface area contributed by atoms with Crippen molar-refractivity contribution in [3.8, 4) is 0 Å². The predicted molar refractivity (Wildman–Crippen MR) is 123 cm³/mol. The van der Waals surface area contributed by atoms with E-state index < -0.39 is 0 Å². The van der Waals surface area contributed by atoms with Crippen LogP contribution in [-0.4, -0.2) is 41.5 Å². The summed E-state index contributed by atoms with van der Waals surface area (Å²) < 4.78 is 0. The van der Waals surface area contributed by atoms with Crippen molar-refractivity contribution in [3.63, 3.8) is 0 Å². The molecule has 3 amide bonds. The van der Waals surface area contributed by atoms with Gasteiger partial charge in [0.25, 0.3) is 11.8 Å². The SMILES string of the molecule is O=C1c2cccc3cccc(c23)C(=O)N1CCCC(=O)N1CCCSc2ccccc21. The maximum absolute atomic E-state index is 13.0. The summed E-state index contributed by atoms with van der Waals surface area (Å²) in [7, 11) is 0. The lowest BCUT2D eigenvalue weighted by Gasteiger charge is -2.27. The Bertz CT molecular complexity index is 1160. The Kier molecular flexibility index (Phi) is 5.24. The highest BCUT2D eigenvalue weighted by Gasteiger charge is 2.32. The molecule has 0 spiro atoms. The van der Waals surface area contributed by atoms with E-state index >= 15 is 0 Å². The van der Waals surface area contributed by atoms with Gasteiger partial charge in [0.15, 0.2) is 0 Å². The molecule has 0 saturated heterocycles. The fraction of sp³-hybridized carbons (Fsp3) is 0.240. The van der Waals surface area contributed by atoms with Crippen molar-refractivity contribution in [1.82, 2.24) is 4.90 Å². The van der Waals surface area contributed by atoms with Crippen LogP contribution < -0.4 is 4.90 Å². The molecule has 0 radical (unpaired) electrons. The average Bonchev–Trinajstić information content (AvgIpc) is 3.02. The van der Waals surface area contributed by atoms with Gasteiger partial charge < -0.3 is 4.90 Å². The smallest absolute Gasteiger partial charge is 0.261 e. The van der Waals surface area contributed by atoms with Crippen LogP contribution in [0.1, 0.15) is 40.0 Å². The Hall–Kier alpha value is -3.12. The fourth-order valence-electron chi connectivity index (χ4n) is 4.39. The molecule has 0 fully saturated rings. The molecular formula is C25H22N2O3S. The standard InChI is InChI=1S/C25H22N2O3S/c28-22(26-15-6-16-31-21-12-2-1-11-20(21)26)13-5-14-27-24(29)18-9-3-7-17-8-4-10-19(23(17)18)25(27)30/h1-4,7-12H,5-6,13-16H2. The highest BCUT2D eigenvalue weighted by Crippen LogP contribution is 2.34. The molecule has 0 N–H and O–H groups in total. The number of thioether (sulfide) groups is 1. The quantitative estimate of drug-likeness (QED) is 0.561. The third-order valence-electron chi connectivity index (χ3n) is 5.87. The topological polar surface area (TPSA) is 57.7 Å². The largest absolute Gasteiger partial charge is 0.311 e. The highest BCUT2D eigenvalue weighted by molar-refractivity contribution is 7.99. The maximum Gasteiger partial charge on any atom is 0.261 e. The number of fused-ring (bicyclic) bond motifs is 1. The van der Waals surface area contributed by atoms with E-state index in [1.54, 1.807) is 23.9 Å². The van der Waals surface area contributed by atoms with E-state index in [1.165, 1.54) is 4.90 Å². The molecule has 6 heteroatoms. The van der Waals surface area contributed by atoms with Crippen molar-refractivity contribution in [2.75, 3.05) is 23.7 Å². The Morgan fingerprint density at radius 3 is 2.35 bits per heavy atom. The molecule has 0 saturated carbocycles. The lowest BCUT2D eigenvalue weighted by molar-refractivity contribution is -0.118. The second-order valence-electron chi connectivity index (χ2n) is 7.79. The Morgan fingerprint density at radius 1 is 0.903 bits per heavy atom. The second-order valence-corrected chi connectivity index (χ2v) is 8.93. The number of anilines is 1. The molecule has 5 nitrogen and oxygen atoms in total. The molecule has 3 aromatic carbocycles. The number of hydrogen-bond acceptors (Lipinski definition) is 4. The van der Waals surface area contributed by atoms with Gasteiger partial charge in [-0.05, 0) is 48.2 Å². The zero-order valence-corrected chi connectivity index (χ0v) is 17.9. The number of para-hydroxylation sites is 1. The second kappa shape index (κ2) is 8.19. The van der Waals surface area contributed by atoms with Crippen LogP contribution in [-0.2, 0) is 4.79 Å². The summed E-state index contributed by atoms with van der Waals surface area (Å²) in [5.41, 5.74) is 2.07. The molecule has 0 atom stereocenters. The van der Waals surface area contributed by atoms with Crippen LogP contribution in [0.15, 0.2) is 65.6 Å². The van der Waals surface area contributed by atoms with Gasteiger partial charge in [-0.3, -0.25) is 19.3 Å². The number of hydrogen-bond donors (Lipinski definition) is 0. The first-order valence-electron chi connectivity index (χ1n) is 10.6. The van der Waals surface area contributed by atoms with E-state index in [-0.39, 0.29) is 24.3 Å². The van der Waals surface area contributed by atoms with Crippen LogP contribution >= 0.6 is 11.8 Å². The summed E-state index contributed by atoms with van der Waals surface area (Å²) in [4.78, 5) is 43.3. The van der Waals surface area contributed by atoms with Gasteiger partial charge in [0, 0.05) is 40.9 Å². The Labute approximate surface area is 185 Å². The molecule has 3 aromatic rings. The van der Waals surface area contributed by atoms with Crippen LogP contribution in [0.2, 0.25) is 0 Å². The number of imide groups is 1. The van der Waals surface area contributed by atoms with Gasteiger partial charge in [0.1, 0.15) is 0 Å². The van der Waals surface area contributed by atoms with E-state index in [4.69, 9.17) is 0 Å². The summed E-state index contributed by atoms with van der Waals surface area (Å²) in [5.74, 6) is 0.466. The van der Waals surface area contributed by atoms with Crippen molar-refractivity contribution >= 4 is 45.9 Å². The van der Waals surface area contributed by atoms with Gasteiger partial charge in [-0.2, -0.15) is 0 Å². The van der Waals surface area contributed by atoms with E-state index in [0.29, 0.717) is 30.5 Å². The fourth-order valence-corrected chi connectivity index (χ4v) is 5.39. The van der Waals surface area contributed by atoms with Crippen molar-refractivity contribution in [2.24, 2.45) is 0 Å². The summed E-state index contributed by atoms with van der Waals surface area (Å²) >= 11 is 1.78. The summed E-state index contributed by atoms with van der Waals surface area (Å²) in [5, 5.41) is 1.62. The first-order valence-corrected chi connectivity index (χ1v) is 11.5. The van der Waals surface area contributed by atoms with Gasteiger partial charge >= 0.3 is 0 Å². The van der Waals surface area contributed by atoms with Crippen molar-refractivity contribution in [3.05, 3.63) is 71.8 Å². The summed E-state index contributed by atoms with van der Waals surface area (Å²) in [6, 6.07) is 19.0. The number of nitrogens with zero attached hydrogens (tertiary/aromatic N) is 2. The van der Waals surface area contributed by atoms with Crippen LogP contribution in [0, 0.1) is 0 Å². The van der Waals surface area contributed by atoms with Gasteiger partial charge in [-0.25, -0.2) is 0 Å². The molecule has 0 aromatic heterocycles. The lowest BCUT2D eigenvalue weighted by atomic mass is 9.94. The highest BCUT2D eigenvalue weighted by atomic mass is 32.2. The molecule has 0 unspecified atom stereocenters. The molecule has 31 heavy (non-hydrogen) atoms. The molecule has 0 aliphatic carbocycles. The minimum atomic E-state index is -0.279. The van der Waals surface area contributed by atoms with Crippen LogP contribution in [0.25, 0.3) is 10.8 Å². The van der Waals surface area contributed by atoms with Crippen LogP contribution in [0.3, 0.4) is 0 Å². The van der Waals surface area contributed by atoms with Crippen molar-refractivity contribution in [2.45, 2.75) is 24.2 Å². The molecule has 2 heterocycles. The normalized spacial score (nSPS) is 15.7. The Balaban J connectivity index is 1.31. The average molecular weight is 431 g/mol. The number of amides is 3. The van der Waals surface area contributed by atoms with Crippen molar-refractivity contribution in [1.29, 1.82) is 0 Å². The third kappa shape index (κ3) is 3.51. The first kappa shape index (κ1) is 19.8. The summed E-state index contributed by atoms with van der Waals surface area (Å²) in [6.07, 6.45) is 1.68. The van der Waals surface area contributed by atoms with Gasteiger partial charge in [-0.1, -0.05) is 36.4 Å². The van der Waals surface area contributed by atoms with E-state index in [0.717, 1.165) is 33.5 Å². The zero-order chi connectivity index (χ0) is 21.4. The number of carbonyl (C=O) groups excluding carboxylic acids is 3. The third-order valence-corrected chi connectivity index (χ3v) is 7.02. The van der Waals surface area contributed by atoms with E-state index in [9.17, 15) is 14.4 Å². The van der Waals surface area contributed by atoms with Crippen molar-refractivity contribution < 1.29 is 14.4 Å². The lowest BCUT2D eigenvalue weighted by Crippen LogP contribution is -2.41. The first-order chi connectivity index (χ1) is 15.1. The minimum Gasteiger partial charge on any atom is -0.311 e. The molecular weight excluding hydrogens is 408 g/mol. The molecule has 5 rings (SSSR count). The monoisotopic (exact) mass is 430 g/mol. The number of rotatable bonds is 4. The van der Waals surface area contributed by atoms with Gasteiger partial charge in [-0.15, -0.1) is 11.8 Å². The van der Waals surface area contributed by atoms with Gasteiger partial charge in [0.2, 0.25) is 5.91 Å². The number of carbonyl (C=O) groups is 3.